The van der Waals surface area contributed by atoms with E-state index < -0.39 is 11.7 Å². The van der Waals surface area contributed by atoms with Gasteiger partial charge in [-0.05, 0) is 31.0 Å². The number of amides is 1. The molecule has 0 bridgehead atoms. The third-order valence-electron chi connectivity index (χ3n) is 2.58. The van der Waals surface area contributed by atoms with Gasteiger partial charge in [0.05, 0.1) is 12.1 Å². The molecule has 1 amide bonds. The minimum absolute atomic E-state index is 0.0395. The Labute approximate surface area is 110 Å². The van der Waals surface area contributed by atoms with Crippen molar-refractivity contribution in [3.05, 3.63) is 29.3 Å². The van der Waals surface area contributed by atoms with Gasteiger partial charge in [0.1, 0.15) is 0 Å². The maximum Gasteiger partial charge on any atom is 0.416 e. The molecular weight excluding hydrogens is 257 g/mol. The monoisotopic (exact) mass is 274 g/mol. The molecule has 0 saturated heterocycles. The summed E-state index contributed by atoms with van der Waals surface area (Å²) in [4.78, 5) is 11.4. The number of carbonyl (C=O) groups excluding carboxylic acids is 1. The first-order chi connectivity index (χ1) is 8.84. The van der Waals surface area contributed by atoms with Crippen LogP contribution in [0.3, 0.4) is 0 Å². The molecular formula is C13H17F3N2O. The van der Waals surface area contributed by atoms with Gasteiger partial charge in [-0.3, -0.25) is 4.79 Å². The summed E-state index contributed by atoms with van der Waals surface area (Å²) in [7, 11) is 0. The van der Waals surface area contributed by atoms with Crippen molar-refractivity contribution in [3.8, 4) is 0 Å². The number of nitrogens with one attached hydrogen (secondary N) is 2. The number of anilines is 1. The van der Waals surface area contributed by atoms with Crippen molar-refractivity contribution in [2.75, 3.05) is 18.4 Å². The van der Waals surface area contributed by atoms with Crippen LogP contribution in [-0.4, -0.2) is 19.0 Å². The summed E-state index contributed by atoms with van der Waals surface area (Å²) >= 11 is 0. The first kappa shape index (κ1) is 15.3. The molecule has 0 radical (unpaired) electrons. The highest BCUT2D eigenvalue weighted by Crippen LogP contribution is 2.31. The summed E-state index contributed by atoms with van der Waals surface area (Å²) in [6.45, 7) is 4.13. The van der Waals surface area contributed by atoms with Crippen LogP contribution in [0.1, 0.15) is 24.5 Å². The van der Waals surface area contributed by atoms with Crippen LogP contribution >= 0.6 is 0 Å². The van der Waals surface area contributed by atoms with Gasteiger partial charge in [-0.2, -0.15) is 13.2 Å². The first-order valence-electron chi connectivity index (χ1n) is 6.03. The van der Waals surface area contributed by atoms with Crippen molar-refractivity contribution in [1.29, 1.82) is 0 Å². The molecule has 1 rings (SSSR count). The average Bonchev–Trinajstić information content (AvgIpc) is 2.33. The number of hydrogen-bond donors (Lipinski definition) is 2. The second-order valence-electron chi connectivity index (χ2n) is 4.23. The van der Waals surface area contributed by atoms with Crippen LogP contribution in [0.2, 0.25) is 0 Å². The Hall–Kier alpha value is -1.72. The predicted molar refractivity (Wildman–Crippen MR) is 68.0 cm³/mol. The first-order valence-corrected chi connectivity index (χ1v) is 6.03. The SMILES string of the molecule is CCCNC(=O)CNc1cc(C(F)(F)F)ccc1C. The summed E-state index contributed by atoms with van der Waals surface area (Å²) < 4.78 is 37.7. The fourth-order valence-electron chi connectivity index (χ4n) is 1.49. The number of hydrogen-bond acceptors (Lipinski definition) is 2. The second-order valence-corrected chi connectivity index (χ2v) is 4.23. The Morgan fingerprint density at radius 1 is 1.32 bits per heavy atom. The molecule has 0 unspecified atom stereocenters. The second kappa shape index (κ2) is 6.45. The number of halogens is 3. The molecule has 106 valence electrons. The van der Waals surface area contributed by atoms with Crippen LogP contribution in [-0.2, 0) is 11.0 Å². The van der Waals surface area contributed by atoms with Crippen LogP contribution < -0.4 is 10.6 Å². The number of aryl methyl sites for hydroxylation is 1. The Morgan fingerprint density at radius 3 is 2.58 bits per heavy atom. The summed E-state index contributed by atoms with van der Waals surface area (Å²) in [5, 5.41) is 5.37. The van der Waals surface area contributed by atoms with E-state index in [9.17, 15) is 18.0 Å². The zero-order chi connectivity index (χ0) is 14.5. The van der Waals surface area contributed by atoms with Gasteiger partial charge in [-0.25, -0.2) is 0 Å². The highest BCUT2D eigenvalue weighted by atomic mass is 19.4. The lowest BCUT2D eigenvalue weighted by molar-refractivity contribution is -0.137. The smallest absolute Gasteiger partial charge is 0.376 e. The van der Waals surface area contributed by atoms with Crippen molar-refractivity contribution in [2.45, 2.75) is 26.4 Å². The molecule has 0 aliphatic rings. The molecule has 2 N–H and O–H groups in total. The van der Waals surface area contributed by atoms with E-state index in [1.54, 1.807) is 6.92 Å². The number of rotatable bonds is 5. The number of carbonyl (C=O) groups is 1. The zero-order valence-electron chi connectivity index (χ0n) is 10.9. The molecule has 0 aliphatic heterocycles. The quantitative estimate of drug-likeness (QED) is 0.866. The van der Waals surface area contributed by atoms with E-state index in [1.165, 1.54) is 6.07 Å². The highest BCUT2D eigenvalue weighted by molar-refractivity contribution is 5.80. The Bertz CT molecular complexity index is 444. The van der Waals surface area contributed by atoms with E-state index >= 15 is 0 Å². The maximum absolute atomic E-state index is 12.6. The van der Waals surface area contributed by atoms with E-state index in [0.29, 0.717) is 17.8 Å². The molecule has 0 spiro atoms. The van der Waals surface area contributed by atoms with Crippen LogP contribution in [0.15, 0.2) is 18.2 Å². The largest absolute Gasteiger partial charge is 0.416 e. The van der Waals surface area contributed by atoms with Gasteiger partial charge in [0, 0.05) is 12.2 Å². The molecule has 19 heavy (non-hydrogen) atoms. The Balaban J connectivity index is 2.70. The van der Waals surface area contributed by atoms with Crippen molar-refractivity contribution in [3.63, 3.8) is 0 Å². The molecule has 0 atom stereocenters. The van der Waals surface area contributed by atoms with Crippen molar-refractivity contribution >= 4 is 11.6 Å². The minimum atomic E-state index is -4.38. The molecule has 1 aromatic rings. The predicted octanol–water partition coefficient (Wildman–Crippen LogP) is 2.95. The summed E-state index contributed by atoms with van der Waals surface area (Å²) in [5.74, 6) is -0.237. The fourth-order valence-corrected chi connectivity index (χ4v) is 1.49. The van der Waals surface area contributed by atoms with Gasteiger partial charge < -0.3 is 10.6 Å². The van der Waals surface area contributed by atoms with E-state index in [4.69, 9.17) is 0 Å². The molecule has 0 aromatic heterocycles. The standard InChI is InChI=1S/C13H17F3N2O/c1-3-6-17-12(19)8-18-11-7-10(13(14,15)16)5-4-9(11)2/h4-5,7,18H,3,6,8H2,1-2H3,(H,17,19). The minimum Gasteiger partial charge on any atom is -0.376 e. The van der Waals surface area contributed by atoms with Crippen LogP contribution in [0.5, 0.6) is 0 Å². The molecule has 0 aliphatic carbocycles. The van der Waals surface area contributed by atoms with Gasteiger partial charge in [0.25, 0.3) is 0 Å². The van der Waals surface area contributed by atoms with Gasteiger partial charge in [0.2, 0.25) is 5.91 Å². The molecule has 0 fully saturated rings. The summed E-state index contributed by atoms with van der Waals surface area (Å²) in [5.41, 5.74) is 0.257. The topological polar surface area (TPSA) is 41.1 Å². The van der Waals surface area contributed by atoms with Crippen molar-refractivity contribution < 1.29 is 18.0 Å². The van der Waals surface area contributed by atoms with E-state index in [2.05, 4.69) is 10.6 Å². The number of alkyl halides is 3. The molecule has 0 heterocycles. The van der Waals surface area contributed by atoms with Crippen molar-refractivity contribution in [1.82, 2.24) is 5.32 Å². The zero-order valence-corrected chi connectivity index (χ0v) is 10.9. The average molecular weight is 274 g/mol. The summed E-state index contributed by atoms with van der Waals surface area (Å²) in [6.07, 6.45) is -3.57. The van der Waals surface area contributed by atoms with Gasteiger partial charge in [-0.1, -0.05) is 13.0 Å². The maximum atomic E-state index is 12.6. The van der Waals surface area contributed by atoms with E-state index in [0.717, 1.165) is 18.6 Å². The third kappa shape index (κ3) is 4.81. The van der Waals surface area contributed by atoms with E-state index in [-0.39, 0.29) is 12.5 Å². The lowest BCUT2D eigenvalue weighted by Crippen LogP contribution is -2.30. The van der Waals surface area contributed by atoms with Gasteiger partial charge in [0.15, 0.2) is 0 Å². The summed E-state index contributed by atoms with van der Waals surface area (Å²) in [6, 6.07) is 3.43. The molecule has 3 nitrogen and oxygen atoms in total. The highest BCUT2D eigenvalue weighted by Gasteiger charge is 2.30. The van der Waals surface area contributed by atoms with Gasteiger partial charge in [-0.15, -0.1) is 0 Å². The lowest BCUT2D eigenvalue weighted by Gasteiger charge is -2.13. The Kier molecular flexibility index (Phi) is 5.20. The van der Waals surface area contributed by atoms with E-state index in [1.807, 2.05) is 6.92 Å². The van der Waals surface area contributed by atoms with Crippen molar-refractivity contribution in [2.24, 2.45) is 0 Å². The van der Waals surface area contributed by atoms with Crippen LogP contribution in [0, 0.1) is 6.92 Å². The van der Waals surface area contributed by atoms with Gasteiger partial charge >= 0.3 is 6.18 Å². The third-order valence-corrected chi connectivity index (χ3v) is 2.58. The molecule has 6 heteroatoms. The Morgan fingerprint density at radius 2 is 2.00 bits per heavy atom. The molecule has 1 aromatic carbocycles. The normalized spacial score (nSPS) is 11.2. The van der Waals surface area contributed by atoms with Crippen LogP contribution in [0.25, 0.3) is 0 Å². The molecule has 0 saturated carbocycles. The van der Waals surface area contributed by atoms with Crippen LogP contribution in [0.4, 0.5) is 18.9 Å². The lowest BCUT2D eigenvalue weighted by atomic mass is 10.1. The fraction of sp³-hybridized carbons (Fsp3) is 0.462. The number of benzene rings is 1.